The van der Waals surface area contributed by atoms with Gasteiger partial charge in [-0.1, -0.05) is 109 Å². The van der Waals surface area contributed by atoms with E-state index in [9.17, 15) is 0 Å². The molecule has 0 rings (SSSR count). The Hall–Kier alpha value is -0.260. The molecule has 0 aliphatic carbocycles. The van der Waals surface area contributed by atoms with E-state index in [4.69, 9.17) is 0 Å². The lowest BCUT2D eigenvalue weighted by atomic mass is 10.1. The number of hydrogen-bond acceptors (Lipinski definition) is 0. The molecule has 0 amide bonds. The summed E-state index contributed by atoms with van der Waals surface area (Å²) in [5, 5.41) is 0. The predicted molar refractivity (Wildman–Crippen MR) is 99.0 cm³/mol. The molecule has 0 heterocycles. The molecule has 0 spiro atoms. The molecule has 0 unspecified atom stereocenters. The summed E-state index contributed by atoms with van der Waals surface area (Å²) in [6.07, 6.45) is 28.9. The zero-order valence-corrected chi connectivity index (χ0v) is 15.2. The molecule has 0 aromatic heterocycles. The summed E-state index contributed by atoms with van der Waals surface area (Å²) in [7, 11) is 0. The second kappa shape index (κ2) is 19.7. The average molecular weight is 295 g/mol. The minimum atomic E-state index is 1.30. The van der Waals surface area contributed by atoms with E-state index in [0.717, 1.165) is 0 Å². The van der Waals surface area contributed by atoms with Gasteiger partial charge in [0, 0.05) is 0 Å². The lowest BCUT2D eigenvalue weighted by Crippen LogP contribution is -1.82. The molecule has 126 valence electrons. The van der Waals surface area contributed by atoms with Crippen LogP contribution in [0.2, 0.25) is 0 Å². The molecular formula is C21H42. The van der Waals surface area contributed by atoms with Crippen molar-refractivity contribution in [3.8, 4) is 0 Å². The number of rotatable bonds is 17. The lowest BCUT2D eigenvalue weighted by molar-refractivity contribution is 0.550. The fourth-order valence-corrected chi connectivity index (χ4v) is 2.85. The second-order valence-corrected chi connectivity index (χ2v) is 6.64. The topological polar surface area (TPSA) is 0 Å². The van der Waals surface area contributed by atoms with Gasteiger partial charge in [0.05, 0.1) is 0 Å². The summed E-state index contributed by atoms with van der Waals surface area (Å²) < 4.78 is 0. The van der Waals surface area contributed by atoms with Gasteiger partial charge in [-0.05, 0) is 25.7 Å². The Morgan fingerprint density at radius 2 is 0.667 bits per heavy atom. The van der Waals surface area contributed by atoms with Crippen LogP contribution < -0.4 is 0 Å². The zero-order chi connectivity index (χ0) is 15.4. The normalized spacial score (nSPS) is 11.5. The maximum atomic E-state index is 2.42. The van der Waals surface area contributed by atoms with E-state index in [-0.39, 0.29) is 0 Å². The van der Waals surface area contributed by atoms with Crippen molar-refractivity contribution in [2.45, 2.75) is 123 Å². The van der Waals surface area contributed by atoms with E-state index in [1.165, 1.54) is 109 Å². The Balaban J connectivity index is 3.00. The number of allylic oxidation sites excluding steroid dienone is 2. The first-order valence-corrected chi connectivity index (χ1v) is 10.1. The van der Waals surface area contributed by atoms with E-state index in [2.05, 4.69) is 26.0 Å². The van der Waals surface area contributed by atoms with Crippen molar-refractivity contribution in [1.29, 1.82) is 0 Å². The van der Waals surface area contributed by atoms with Crippen LogP contribution in [0.4, 0.5) is 0 Å². The molecule has 0 heteroatoms. The van der Waals surface area contributed by atoms with Crippen molar-refractivity contribution in [1.82, 2.24) is 0 Å². The van der Waals surface area contributed by atoms with Crippen LogP contribution in [0.15, 0.2) is 12.2 Å². The third kappa shape index (κ3) is 19.7. The molecular weight excluding hydrogens is 252 g/mol. The lowest BCUT2D eigenvalue weighted by Gasteiger charge is -2.01. The SMILES string of the molecule is CCCCCCC=CCCCCCCCCCCCCC. The van der Waals surface area contributed by atoms with Gasteiger partial charge in [-0.25, -0.2) is 0 Å². The fourth-order valence-electron chi connectivity index (χ4n) is 2.85. The molecule has 0 bridgehead atoms. The van der Waals surface area contributed by atoms with Crippen LogP contribution >= 0.6 is 0 Å². The highest BCUT2D eigenvalue weighted by molar-refractivity contribution is 4.81. The molecule has 0 fully saturated rings. The van der Waals surface area contributed by atoms with Crippen molar-refractivity contribution >= 4 is 0 Å². The van der Waals surface area contributed by atoms with Gasteiger partial charge < -0.3 is 0 Å². The molecule has 0 radical (unpaired) electrons. The molecule has 0 saturated heterocycles. The Labute approximate surface area is 135 Å². The molecule has 0 saturated carbocycles. The molecule has 0 aliphatic heterocycles. The van der Waals surface area contributed by atoms with Gasteiger partial charge in [-0.2, -0.15) is 0 Å². The Kier molecular flexibility index (Phi) is 19.5. The van der Waals surface area contributed by atoms with Gasteiger partial charge >= 0.3 is 0 Å². The summed E-state index contributed by atoms with van der Waals surface area (Å²) in [6, 6.07) is 0. The molecule has 21 heavy (non-hydrogen) atoms. The average Bonchev–Trinajstić information content (AvgIpc) is 2.50. The molecule has 0 aromatic carbocycles. The smallest absolute Gasteiger partial charge is 0.0351 e. The third-order valence-corrected chi connectivity index (χ3v) is 4.37. The Morgan fingerprint density at radius 3 is 1.05 bits per heavy atom. The van der Waals surface area contributed by atoms with E-state index >= 15 is 0 Å². The van der Waals surface area contributed by atoms with Crippen molar-refractivity contribution in [3.05, 3.63) is 12.2 Å². The van der Waals surface area contributed by atoms with Crippen LogP contribution in [-0.4, -0.2) is 0 Å². The fraction of sp³-hybridized carbons (Fsp3) is 0.905. The van der Waals surface area contributed by atoms with E-state index in [1.807, 2.05) is 0 Å². The highest BCUT2D eigenvalue weighted by Crippen LogP contribution is 2.12. The van der Waals surface area contributed by atoms with Crippen LogP contribution in [0.1, 0.15) is 123 Å². The van der Waals surface area contributed by atoms with E-state index < -0.39 is 0 Å². The van der Waals surface area contributed by atoms with Crippen molar-refractivity contribution in [2.24, 2.45) is 0 Å². The van der Waals surface area contributed by atoms with Crippen LogP contribution in [0.3, 0.4) is 0 Å². The second-order valence-electron chi connectivity index (χ2n) is 6.64. The van der Waals surface area contributed by atoms with E-state index in [1.54, 1.807) is 0 Å². The van der Waals surface area contributed by atoms with Gasteiger partial charge in [0.25, 0.3) is 0 Å². The summed E-state index contributed by atoms with van der Waals surface area (Å²) in [4.78, 5) is 0. The maximum Gasteiger partial charge on any atom is -0.0351 e. The first-order valence-electron chi connectivity index (χ1n) is 10.1. The van der Waals surface area contributed by atoms with E-state index in [0.29, 0.717) is 0 Å². The van der Waals surface area contributed by atoms with Gasteiger partial charge in [-0.15, -0.1) is 0 Å². The summed E-state index contributed by atoms with van der Waals surface area (Å²) in [5.41, 5.74) is 0. The highest BCUT2D eigenvalue weighted by atomic mass is 14.0. The van der Waals surface area contributed by atoms with Crippen molar-refractivity contribution in [2.75, 3.05) is 0 Å². The first kappa shape index (κ1) is 20.7. The Bertz CT molecular complexity index is 192. The van der Waals surface area contributed by atoms with Gasteiger partial charge in [0.2, 0.25) is 0 Å². The van der Waals surface area contributed by atoms with Crippen LogP contribution in [0.5, 0.6) is 0 Å². The zero-order valence-electron chi connectivity index (χ0n) is 15.2. The van der Waals surface area contributed by atoms with Crippen LogP contribution in [0, 0.1) is 0 Å². The largest absolute Gasteiger partial charge is 0.0885 e. The molecule has 0 aliphatic rings. The highest BCUT2D eigenvalue weighted by Gasteiger charge is 1.92. The van der Waals surface area contributed by atoms with Crippen LogP contribution in [0.25, 0.3) is 0 Å². The number of hydrogen-bond donors (Lipinski definition) is 0. The molecule has 0 N–H and O–H groups in total. The van der Waals surface area contributed by atoms with Crippen LogP contribution in [-0.2, 0) is 0 Å². The Morgan fingerprint density at radius 1 is 0.381 bits per heavy atom. The maximum absolute atomic E-state index is 2.42. The minimum Gasteiger partial charge on any atom is -0.0885 e. The summed E-state index contributed by atoms with van der Waals surface area (Å²) >= 11 is 0. The summed E-state index contributed by atoms with van der Waals surface area (Å²) in [6.45, 7) is 4.57. The summed E-state index contributed by atoms with van der Waals surface area (Å²) in [5.74, 6) is 0. The standard InChI is InChI=1S/C21H42/c1-3-5-7-9-11-13-15-17-19-21-20-18-16-14-12-10-8-6-4-2/h13,15H,3-12,14,16-21H2,1-2H3. The van der Waals surface area contributed by atoms with Gasteiger partial charge in [0.1, 0.15) is 0 Å². The monoisotopic (exact) mass is 294 g/mol. The molecule has 0 atom stereocenters. The number of unbranched alkanes of at least 4 members (excludes halogenated alkanes) is 15. The minimum absolute atomic E-state index is 1.30. The van der Waals surface area contributed by atoms with Gasteiger partial charge in [0.15, 0.2) is 0 Å². The molecule has 0 aromatic rings. The van der Waals surface area contributed by atoms with Crippen molar-refractivity contribution in [3.63, 3.8) is 0 Å². The molecule has 0 nitrogen and oxygen atoms in total. The predicted octanol–water partition coefficient (Wildman–Crippen LogP) is 8.21. The van der Waals surface area contributed by atoms with Gasteiger partial charge in [-0.3, -0.25) is 0 Å². The van der Waals surface area contributed by atoms with Crippen molar-refractivity contribution < 1.29 is 0 Å². The quantitative estimate of drug-likeness (QED) is 0.187. The first-order chi connectivity index (χ1) is 10.4. The third-order valence-electron chi connectivity index (χ3n) is 4.37.